The highest BCUT2D eigenvalue weighted by Gasteiger charge is 2.37. The van der Waals surface area contributed by atoms with Gasteiger partial charge in [0.15, 0.2) is 5.11 Å². The Balaban J connectivity index is 1.52. The van der Waals surface area contributed by atoms with Crippen molar-refractivity contribution in [3.8, 4) is 0 Å². The number of ether oxygens (including phenoxy) is 1. The van der Waals surface area contributed by atoms with Gasteiger partial charge in [-0.05, 0) is 48.6 Å². The van der Waals surface area contributed by atoms with Crippen LogP contribution in [0.25, 0.3) is 17.0 Å². The molecule has 2 aliphatic rings. The number of morpholine rings is 1. The first-order valence-electron chi connectivity index (χ1n) is 11.0. The van der Waals surface area contributed by atoms with Crippen LogP contribution in [0.15, 0.2) is 64.9 Å². The third-order valence-electron chi connectivity index (χ3n) is 6.11. The number of carbonyl (C=O) groups excluding carboxylic acids is 2. The van der Waals surface area contributed by atoms with Gasteiger partial charge in [-0.3, -0.25) is 14.5 Å². The minimum atomic E-state index is -0.181. The fourth-order valence-electron chi connectivity index (χ4n) is 4.31. The summed E-state index contributed by atoms with van der Waals surface area (Å²) in [7, 11) is 1.80. The number of rotatable bonds is 4. The van der Waals surface area contributed by atoms with Gasteiger partial charge in [-0.25, -0.2) is 0 Å². The highest BCUT2D eigenvalue weighted by molar-refractivity contribution is 9.10. The first kappa shape index (κ1) is 22.8. The zero-order chi connectivity index (χ0) is 23.8. The van der Waals surface area contributed by atoms with Gasteiger partial charge >= 0.3 is 0 Å². The number of likely N-dealkylation sites (N-methyl/N-ethyl adjacent to an activating group) is 1. The van der Waals surface area contributed by atoms with E-state index in [-0.39, 0.29) is 18.4 Å². The Labute approximate surface area is 211 Å². The maximum Gasteiger partial charge on any atom is 0.281 e. The molecule has 2 saturated heterocycles. The van der Waals surface area contributed by atoms with Crippen molar-refractivity contribution in [1.82, 2.24) is 14.4 Å². The summed E-state index contributed by atoms with van der Waals surface area (Å²) in [6.45, 7) is 2.56. The number of amides is 2. The minimum absolute atomic E-state index is 0.0489. The predicted octanol–water partition coefficient (Wildman–Crippen LogP) is 3.87. The molecule has 2 amide bonds. The van der Waals surface area contributed by atoms with Gasteiger partial charge in [0.05, 0.1) is 18.9 Å². The first-order valence-corrected chi connectivity index (χ1v) is 12.2. The van der Waals surface area contributed by atoms with Crippen LogP contribution in [0.1, 0.15) is 5.56 Å². The van der Waals surface area contributed by atoms with Crippen molar-refractivity contribution in [2.75, 3.05) is 38.3 Å². The largest absolute Gasteiger partial charge is 0.378 e. The monoisotopic (exact) mass is 538 g/mol. The molecule has 7 nitrogen and oxygen atoms in total. The SMILES string of the molecule is CN1C(=S)N(c2ccccc2)C(=O)/C1=C/c1cn(CC(=O)N2CCOCC2)c2ccc(Br)cc12. The van der Waals surface area contributed by atoms with Crippen LogP contribution >= 0.6 is 28.1 Å². The summed E-state index contributed by atoms with van der Waals surface area (Å²) in [4.78, 5) is 31.4. The molecule has 0 atom stereocenters. The number of nitrogens with zero attached hydrogens (tertiary/aromatic N) is 4. The van der Waals surface area contributed by atoms with Crippen molar-refractivity contribution in [1.29, 1.82) is 0 Å². The predicted molar refractivity (Wildman–Crippen MR) is 139 cm³/mol. The molecule has 9 heteroatoms. The van der Waals surface area contributed by atoms with E-state index in [0.717, 1.165) is 26.6 Å². The van der Waals surface area contributed by atoms with E-state index in [9.17, 15) is 9.59 Å². The van der Waals surface area contributed by atoms with Gasteiger partial charge in [0.25, 0.3) is 5.91 Å². The second-order valence-electron chi connectivity index (χ2n) is 8.21. The van der Waals surface area contributed by atoms with Crippen molar-refractivity contribution in [2.24, 2.45) is 0 Å². The first-order chi connectivity index (χ1) is 16.4. The van der Waals surface area contributed by atoms with Crippen LogP contribution < -0.4 is 4.90 Å². The van der Waals surface area contributed by atoms with Crippen molar-refractivity contribution < 1.29 is 14.3 Å². The summed E-state index contributed by atoms with van der Waals surface area (Å²) in [5.41, 5.74) is 2.98. The lowest BCUT2D eigenvalue weighted by atomic mass is 10.1. The molecule has 3 aromatic rings. The van der Waals surface area contributed by atoms with Crippen molar-refractivity contribution >= 4 is 67.7 Å². The summed E-state index contributed by atoms with van der Waals surface area (Å²) in [5.74, 6) is -0.133. The lowest BCUT2D eigenvalue weighted by Gasteiger charge is -2.27. The fourth-order valence-corrected chi connectivity index (χ4v) is 4.96. The number of fused-ring (bicyclic) bond motifs is 1. The number of hydrogen-bond acceptors (Lipinski definition) is 4. The highest BCUT2D eigenvalue weighted by atomic mass is 79.9. The molecule has 0 bridgehead atoms. The molecule has 0 radical (unpaired) electrons. The molecule has 0 spiro atoms. The number of benzene rings is 2. The van der Waals surface area contributed by atoms with E-state index in [1.54, 1.807) is 11.9 Å². The van der Waals surface area contributed by atoms with Crippen LogP contribution in [0.5, 0.6) is 0 Å². The second-order valence-corrected chi connectivity index (χ2v) is 9.50. The van der Waals surface area contributed by atoms with Gasteiger partial charge in [-0.2, -0.15) is 0 Å². The molecule has 5 rings (SSSR count). The van der Waals surface area contributed by atoms with E-state index >= 15 is 0 Å². The van der Waals surface area contributed by atoms with Gasteiger partial charge in [0.2, 0.25) is 5.91 Å². The molecule has 174 valence electrons. The highest BCUT2D eigenvalue weighted by Crippen LogP contribution is 2.31. The number of hydrogen-bond donors (Lipinski definition) is 0. The summed E-state index contributed by atoms with van der Waals surface area (Å²) in [6, 6.07) is 15.3. The van der Waals surface area contributed by atoms with Crippen LogP contribution in [0, 0.1) is 0 Å². The zero-order valence-electron chi connectivity index (χ0n) is 18.6. The summed E-state index contributed by atoms with van der Waals surface area (Å²) in [5, 5.41) is 1.37. The van der Waals surface area contributed by atoms with E-state index in [1.165, 1.54) is 4.90 Å². The lowest BCUT2D eigenvalue weighted by molar-refractivity contribution is -0.135. The van der Waals surface area contributed by atoms with Crippen molar-refractivity contribution in [2.45, 2.75) is 6.54 Å². The molecule has 0 aliphatic carbocycles. The second kappa shape index (κ2) is 9.32. The van der Waals surface area contributed by atoms with Gasteiger partial charge < -0.3 is 19.1 Å². The normalized spacial score (nSPS) is 17.9. The third-order valence-corrected chi connectivity index (χ3v) is 7.06. The Bertz CT molecular complexity index is 1310. The number of carbonyl (C=O) groups is 2. The molecule has 3 heterocycles. The number of aromatic nitrogens is 1. The fraction of sp³-hybridized carbons (Fsp3) is 0.240. The molecule has 0 unspecified atom stereocenters. The number of anilines is 1. The number of para-hydroxylation sites is 1. The molecule has 0 saturated carbocycles. The maximum atomic E-state index is 13.4. The van der Waals surface area contributed by atoms with Crippen LogP contribution in [0.3, 0.4) is 0 Å². The quantitative estimate of drug-likeness (QED) is 0.373. The van der Waals surface area contributed by atoms with Gasteiger partial charge in [0.1, 0.15) is 12.2 Å². The third kappa shape index (κ3) is 4.15. The zero-order valence-corrected chi connectivity index (χ0v) is 21.0. The van der Waals surface area contributed by atoms with Crippen molar-refractivity contribution in [3.05, 3.63) is 70.5 Å². The van der Waals surface area contributed by atoms with Gasteiger partial charge in [0, 0.05) is 47.3 Å². The Morgan fingerprint density at radius 3 is 2.62 bits per heavy atom. The topological polar surface area (TPSA) is 58.0 Å². The summed E-state index contributed by atoms with van der Waals surface area (Å²) in [6.07, 6.45) is 3.78. The van der Waals surface area contributed by atoms with Crippen LogP contribution in [0.2, 0.25) is 0 Å². The van der Waals surface area contributed by atoms with Crippen LogP contribution in [-0.2, 0) is 20.9 Å². The summed E-state index contributed by atoms with van der Waals surface area (Å²) >= 11 is 9.13. The van der Waals surface area contributed by atoms with Crippen molar-refractivity contribution in [3.63, 3.8) is 0 Å². The Kier molecular flexibility index (Phi) is 6.24. The lowest BCUT2D eigenvalue weighted by Crippen LogP contribution is -2.42. The minimum Gasteiger partial charge on any atom is -0.378 e. The molecular formula is C25H23BrN4O3S. The Morgan fingerprint density at radius 1 is 1.15 bits per heavy atom. The average molecular weight is 539 g/mol. The van der Waals surface area contributed by atoms with E-state index in [2.05, 4.69) is 15.9 Å². The summed E-state index contributed by atoms with van der Waals surface area (Å²) < 4.78 is 8.23. The molecule has 2 aromatic carbocycles. The molecule has 2 fully saturated rings. The van der Waals surface area contributed by atoms with Gasteiger partial charge in [-0.15, -0.1) is 0 Å². The van der Waals surface area contributed by atoms with Crippen LogP contribution in [0.4, 0.5) is 5.69 Å². The smallest absolute Gasteiger partial charge is 0.281 e. The van der Waals surface area contributed by atoms with Crippen LogP contribution in [-0.4, -0.2) is 64.6 Å². The van der Waals surface area contributed by atoms with E-state index in [1.807, 2.05) is 70.3 Å². The maximum absolute atomic E-state index is 13.4. The molecule has 34 heavy (non-hydrogen) atoms. The molecule has 2 aliphatic heterocycles. The molecule has 0 N–H and O–H groups in total. The number of halogens is 1. The average Bonchev–Trinajstić information content (AvgIpc) is 3.29. The molecular weight excluding hydrogens is 516 g/mol. The molecule has 1 aromatic heterocycles. The van der Waals surface area contributed by atoms with E-state index < -0.39 is 0 Å². The number of thiocarbonyl (C=S) groups is 1. The Hall–Kier alpha value is -3.01. The van der Waals surface area contributed by atoms with E-state index in [4.69, 9.17) is 17.0 Å². The standard InChI is InChI=1S/C25H23BrN4O3S/c1-27-22(24(32)30(25(27)34)19-5-3-2-4-6-19)13-17-15-29(21-8-7-18(26)14-20(17)21)16-23(31)28-9-11-33-12-10-28/h2-8,13-15H,9-12,16H2,1H3/b22-13-. The Morgan fingerprint density at radius 2 is 1.88 bits per heavy atom. The van der Waals surface area contributed by atoms with Gasteiger partial charge in [-0.1, -0.05) is 34.1 Å². The van der Waals surface area contributed by atoms with E-state index in [0.29, 0.717) is 37.1 Å².